The highest BCUT2D eigenvalue weighted by atomic mass is 35.5. The molecule has 19 heavy (non-hydrogen) atoms. The molecule has 5 nitrogen and oxygen atoms in total. The minimum Gasteiger partial charge on any atom is -0.506 e. The van der Waals surface area contributed by atoms with Gasteiger partial charge in [-0.15, -0.1) is 0 Å². The van der Waals surface area contributed by atoms with Gasteiger partial charge in [0.1, 0.15) is 12.3 Å². The van der Waals surface area contributed by atoms with Gasteiger partial charge in [0, 0.05) is 11.2 Å². The monoisotopic (exact) mass is 299 g/mol. The first kappa shape index (κ1) is 13.7. The molecule has 2 rings (SSSR count). The number of aryl methyl sites for hydroxylation is 1. The van der Waals surface area contributed by atoms with Crippen LogP contribution in [-0.4, -0.2) is 20.8 Å². The summed E-state index contributed by atoms with van der Waals surface area (Å²) in [5, 5.41) is 17.1. The maximum Gasteiger partial charge on any atom is 0.246 e. The maximum atomic E-state index is 11.8. The van der Waals surface area contributed by atoms with E-state index in [0.29, 0.717) is 15.7 Å². The first-order valence-corrected chi connectivity index (χ1v) is 6.19. The van der Waals surface area contributed by atoms with Crippen molar-refractivity contribution < 1.29 is 9.90 Å². The molecule has 0 saturated carbocycles. The third-order valence-electron chi connectivity index (χ3n) is 2.42. The van der Waals surface area contributed by atoms with Crippen LogP contribution in [0.4, 0.5) is 5.69 Å². The van der Waals surface area contributed by atoms with Gasteiger partial charge in [0.25, 0.3) is 0 Å². The fourth-order valence-corrected chi connectivity index (χ4v) is 1.84. The quantitative estimate of drug-likeness (QED) is 0.857. The Morgan fingerprint density at radius 3 is 2.84 bits per heavy atom. The van der Waals surface area contributed by atoms with Crippen LogP contribution in [-0.2, 0) is 11.3 Å². The molecular formula is C12H11Cl2N3O2. The summed E-state index contributed by atoms with van der Waals surface area (Å²) >= 11 is 11.6. The van der Waals surface area contributed by atoms with Crippen LogP contribution >= 0.6 is 23.2 Å². The number of carbonyl (C=O) groups excluding carboxylic acids is 1. The van der Waals surface area contributed by atoms with Gasteiger partial charge < -0.3 is 10.4 Å². The summed E-state index contributed by atoms with van der Waals surface area (Å²) in [4.78, 5) is 11.8. The Labute approximate surface area is 119 Å². The minimum atomic E-state index is -0.336. The Morgan fingerprint density at radius 2 is 2.21 bits per heavy atom. The highest BCUT2D eigenvalue weighted by Gasteiger charge is 2.09. The van der Waals surface area contributed by atoms with Gasteiger partial charge in [-0.1, -0.05) is 23.2 Å². The summed E-state index contributed by atoms with van der Waals surface area (Å²) in [6.07, 6.45) is 1.56. The lowest BCUT2D eigenvalue weighted by atomic mass is 10.3. The predicted octanol–water partition coefficient (Wildman–Crippen LogP) is 2.84. The molecular weight excluding hydrogens is 289 g/mol. The van der Waals surface area contributed by atoms with E-state index < -0.39 is 0 Å². The zero-order valence-corrected chi connectivity index (χ0v) is 11.5. The molecule has 0 unspecified atom stereocenters. The Balaban J connectivity index is 2.07. The van der Waals surface area contributed by atoms with Crippen molar-refractivity contribution in [2.45, 2.75) is 13.5 Å². The Kier molecular flexibility index (Phi) is 3.97. The van der Waals surface area contributed by atoms with Crippen LogP contribution < -0.4 is 5.32 Å². The van der Waals surface area contributed by atoms with Crippen molar-refractivity contribution in [3.05, 3.63) is 40.1 Å². The van der Waals surface area contributed by atoms with E-state index in [-0.39, 0.29) is 23.9 Å². The number of aromatic nitrogens is 2. The number of phenols is 1. The third-order valence-corrected chi connectivity index (χ3v) is 3.03. The van der Waals surface area contributed by atoms with Crippen molar-refractivity contribution >= 4 is 34.8 Å². The van der Waals surface area contributed by atoms with Crippen LogP contribution in [0, 0.1) is 6.92 Å². The lowest BCUT2D eigenvalue weighted by Gasteiger charge is -2.07. The van der Waals surface area contributed by atoms with Gasteiger partial charge in [-0.2, -0.15) is 5.10 Å². The largest absolute Gasteiger partial charge is 0.506 e. The van der Waals surface area contributed by atoms with Crippen molar-refractivity contribution in [2.75, 3.05) is 5.32 Å². The van der Waals surface area contributed by atoms with Crippen molar-refractivity contribution in [3.63, 3.8) is 0 Å². The molecule has 2 aromatic rings. The van der Waals surface area contributed by atoms with E-state index in [1.54, 1.807) is 13.1 Å². The van der Waals surface area contributed by atoms with Crippen LogP contribution in [0.15, 0.2) is 24.4 Å². The van der Waals surface area contributed by atoms with Gasteiger partial charge in [-0.05, 0) is 25.1 Å². The molecule has 0 saturated heterocycles. The average molecular weight is 300 g/mol. The molecule has 1 heterocycles. The van der Waals surface area contributed by atoms with E-state index in [1.807, 2.05) is 0 Å². The molecule has 1 aromatic carbocycles. The molecule has 0 radical (unpaired) electrons. The van der Waals surface area contributed by atoms with Crippen LogP contribution in [0.5, 0.6) is 5.75 Å². The first-order chi connectivity index (χ1) is 8.95. The summed E-state index contributed by atoms with van der Waals surface area (Å²) in [5.41, 5.74) is 0.910. The second kappa shape index (κ2) is 5.50. The van der Waals surface area contributed by atoms with Crippen molar-refractivity contribution in [2.24, 2.45) is 0 Å². The van der Waals surface area contributed by atoms with E-state index >= 15 is 0 Å². The average Bonchev–Trinajstić information content (AvgIpc) is 2.63. The highest BCUT2D eigenvalue weighted by Crippen LogP contribution is 2.26. The number of halogens is 2. The maximum absolute atomic E-state index is 11.8. The van der Waals surface area contributed by atoms with Crippen molar-refractivity contribution in [3.8, 4) is 5.75 Å². The molecule has 0 bridgehead atoms. The molecule has 0 atom stereocenters. The number of nitrogens with zero attached hydrogens (tertiary/aromatic N) is 2. The number of nitrogens with one attached hydrogen (secondary N) is 1. The molecule has 0 spiro atoms. The van der Waals surface area contributed by atoms with Gasteiger partial charge in [-0.25, -0.2) is 0 Å². The molecule has 0 aliphatic heterocycles. The number of anilines is 1. The van der Waals surface area contributed by atoms with Gasteiger partial charge in [0.2, 0.25) is 5.91 Å². The summed E-state index contributed by atoms with van der Waals surface area (Å²) < 4.78 is 1.43. The third kappa shape index (κ3) is 3.39. The van der Waals surface area contributed by atoms with Crippen LogP contribution in [0.1, 0.15) is 5.69 Å². The number of rotatable bonds is 3. The normalized spacial score (nSPS) is 10.5. The standard InChI is InChI=1S/C12H11Cl2N3O2/c1-7-9(14)5-17(16-7)6-12(19)15-10-4-8(13)2-3-11(10)18/h2-5,18H,6H2,1H3,(H,15,19). The zero-order chi connectivity index (χ0) is 14.0. The number of carbonyl (C=O) groups is 1. The van der Waals surface area contributed by atoms with Gasteiger partial charge in [-0.3, -0.25) is 9.48 Å². The fraction of sp³-hybridized carbons (Fsp3) is 0.167. The number of aromatic hydroxyl groups is 1. The Hall–Kier alpha value is -1.72. The van der Waals surface area contributed by atoms with Gasteiger partial charge in [0.15, 0.2) is 0 Å². The second-order valence-corrected chi connectivity index (χ2v) is 4.81. The molecule has 7 heteroatoms. The summed E-state index contributed by atoms with van der Waals surface area (Å²) in [6, 6.07) is 4.41. The van der Waals surface area contributed by atoms with Crippen LogP contribution in [0.3, 0.4) is 0 Å². The number of phenolic OH excluding ortho intramolecular Hbond substituents is 1. The summed E-state index contributed by atoms with van der Waals surface area (Å²) in [5.74, 6) is -0.385. The molecule has 2 N–H and O–H groups in total. The van der Waals surface area contributed by atoms with Crippen molar-refractivity contribution in [1.29, 1.82) is 0 Å². The lowest BCUT2D eigenvalue weighted by Crippen LogP contribution is -2.19. The summed E-state index contributed by atoms with van der Waals surface area (Å²) in [7, 11) is 0. The van der Waals surface area contributed by atoms with Gasteiger partial charge in [0.05, 0.1) is 16.4 Å². The first-order valence-electron chi connectivity index (χ1n) is 5.43. The van der Waals surface area contributed by atoms with E-state index in [2.05, 4.69) is 10.4 Å². The SMILES string of the molecule is Cc1nn(CC(=O)Nc2cc(Cl)ccc2O)cc1Cl. The van der Waals surface area contributed by atoms with Crippen LogP contribution in [0.2, 0.25) is 10.0 Å². The number of benzene rings is 1. The molecule has 1 amide bonds. The lowest BCUT2D eigenvalue weighted by molar-refractivity contribution is -0.116. The van der Waals surface area contributed by atoms with Crippen molar-refractivity contribution in [1.82, 2.24) is 9.78 Å². The number of amides is 1. The Bertz CT molecular complexity index is 606. The van der Waals surface area contributed by atoms with E-state index in [9.17, 15) is 9.90 Å². The number of hydrogen-bond donors (Lipinski definition) is 2. The highest BCUT2D eigenvalue weighted by molar-refractivity contribution is 6.31. The smallest absolute Gasteiger partial charge is 0.246 e. The van der Waals surface area contributed by atoms with Crippen LogP contribution in [0.25, 0.3) is 0 Å². The fourth-order valence-electron chi connectivity index (χ4n) is 1.52. The van der Waals surface area contributed by atoms with Gasteiger partial charge >= 0.3 is 0 Å². The second-order valence-electron chi connectivity index (χ2n) is 3.97. The molecule has 100 valence electrons. The number of hydrogen-bond acceptors (Lipinski definition) is 3. The molecule has 0 aliphatic rings. The van der Waals surface area contributed by atoms with E-state index in [0.717, 1.165) is 0 Å². The molecule has 1 aromatic heterocycles. The van der Waals surface area contributed by atoms with E-state index in [4.69, 9.17) is 23.2 Å². The van der Waals surface area contributed by atoms with E-state index in [1.165, 1.54) is 22.9 Å². The summed E-state index contributed by atoms with van der Waals surface area (Å²) in [6.45, 7) is 1.75. The predicted molar refractivity (Wildman–Crippen MR) is 73.7 cm³/mol. The Morgan fingerprint density at radius 1 is 1.47 bits per heavy atom. The topological polar surface area (TPSA) is 67.2 Å². The molecule has 0 fully saturated rings. The molecule has 0 aliphatic carbocycles. The minimum absolute atomic E-state index is 0.000483. The zero-order valence-electron chi connectivity index (χ0n) is 10.0.